The van der Waals surface area contributed by atoms with Crippen molar-refractivity contribution in [2.45, 2.75) is 26.9 Å². The minimum atomic E-state index is -1.01. The maximum absolute atomic E-state index is 13.1. The lowest BCUT2D eigenvalue weighted by Crippen LogP contribution is -2.20. The minimum Gasteiger partial charge on any atom is -0.484 e. The van der Waals surface area contributed by atoms with Crippen LogP contribution >= 0.6 is 0 Å². The van der Waals surface area contributed by atoms with Gasteiger partial charge in [-0.05, 0) is 12.8 Å². The molecule has 1 atom stereocenters. The number of halogens is 3. The van der Waals surface area contributed by atoms with Crippen molar-refractivity contribution < 1.29 is 17.9 Å². The van der Waals surface area contributed by atoms with Gasteiger partial charge in [-0.15, -0.1) is 0 Å². The van der Waals surface area contributed by atoms with Crippen molar-refractivity contribution in [2.24, 2.45) is 5.92 Å². The molecule has 0 N–H and O–H groups in total. The molecule has 0 fully saturated rings. The molecule has 0 saturated heterocycles. The third-order valence-electron chi connectivity index (χ3n) is 2.21. The Hall–Kier alpha value is -1.19. The lowest BCUT2D eigenvalue weighted by molar-refractivity contribution is 0.155. The van der Waals surface area contributed by atoms with Gasteiger partial charge in [0.05, 0.1) is 6.10 Å². The highest BCUT2D eigenvalue weighted by molar-refractivity contribution is 5.27. The van der Waals surface area contributed by atoms with Gasteiger partial charge in [-0.3, -0.25) is 0 Å². The molecule has 15 heavy (non-hydrogen) atoms. The second-order valence-electron chi connectivity index (χ2n) is 3.77. The number of ether oxygens (including phenoxy) is 1. The normalized spacial score (nSPS) is 13.0. The summed E-state index contributed by atoms with van der Waals surface area (Å²) >= 11 is 0. The van der Waals surface area contributed by atoms with Crippen LogP contribution in [0.4, 0.5) is 13.2 Å². The van der Waals surface area contributed by atoms with Crippen LogP contribution in [0, 0.1) is 23.4 Å². The van der Waals surface area contributed by atoms with Gasteiger partial charge in [0.2, 0.25) is 0 Å². The summed E-state index contributed by atoms with van der Waals surface area (Å²) in [5.74, 6) is -3.37. The summed E-state index contributed by atoms with van der Waals surface area (Å²) in [5, 5.41) is 0. The molecular formula is C11H13F3O. The first-order valence-electron chi connectivity index (χ1n) is 4.73. The van der Waals surface area contributed by atoms with Crippen LogP contribution in [-0.2, 0) is 0 Å². The molecule has 0 unspecified atom stereocenters. The molecule has 1 nitrogen and oxygen atoms in total. The Balaban J connectivity index is 2.95. The van der Waals surface area contributed by atoms with Crippen molar-refractivity contribution in [3.63, 3.8) is 0 Å². The average Bonchev–Trinajstić information content (AvgIpc) is 2.10. The highest BCUT2D eigenvalue weighted by Crippen LogP contribution is 2.25. The van der Waals surface area contributed by atoms with Crippen molar-refractivity contribution in [1.82, 2.24) is 0 Å². The third kappa shape index (κ3) is 2.88. The van der Waals surface area contributed by atoms with Gasteiger partial charge >= 0.3 is 0 Å². The SMILES string of the molecule is CC(C)[C@@H](C)Oc1c(F)cc(F)cc1F. The molecule has 0 bridgehead atoms. The van der Waals surface area contributed by atoms with Gasteiger partial charge < -0.3 is 4.74 Å². The van der Waals surface area contributed by atoms with Crippen LogP contribution in [0.25, 0.3) is 0 Å². The van der Waals surface area contributed by atoms with E-state index in [1.54, 1.807) is 6.92 Å². The molecular weight excluding hydrogens is 205 g/mol. The van der Waals surface area contributed by atoms with E-state index in [1.165, 1.54) is 0 Å². The maximum Gasteiger partial charge on any atom is 0.191 e. The van der Waals surface area contributed by atoms with Gasteiger partial charge in [-0.1, -0.05) is 13.8 Å². The van der Waals surface area contributed by atoms with Crippen molar-refractivity contribution in [3.05, 3.63) is 29.6 Å². The molecule has 4 heteroatoms. The lowest BCUT2D eigenvalue weighted by Gasteiger charge is -2.18. The Kier molecular flexibility index (Phi) is 3.61. The van der Waals surface area contributed by atoms with Gasteiger partial charge in [-0.25, -0.2) is 13.2 Å². The van der Waals surface area contributed by atoms with Crippen LogP contribution < -0.4 is 4.74 Å². The van der Waals surface area contributed by atoms with E-state index in [0.717, 1.165) is 0 Å². The Morgan fingerprint density at radius 1 is 1.00 bits per heavy atom. The molecule has 84 valence electrons. The molecule has 0 spiro atoms. The van der Waals surface area contributed by atoms with E-state index in [-0.39, 0.29) is 12.0 Å². The van der Waals surface area contributed by atoms with Crippen molar-refractivity contribution in [1.29, 1.82) is 0 Å². The van der Waals surface area contributed by atoms with E-state index in [0.29, 0.717) is 12.1 Å². The average molecular weight is 218 g/mol. The smallest absolute Gasteiger partial charge is 0.191 e. The number of hydrogen-bond acceptors (Lipinski definition) is 1. The Morgan fingerprint density at radius 3 is 1.87 bits per heavy atom. The van der Waals surface area contributed by atoms with Crippen LogP contribution in [-0.4, -0.2) is 6.10 Å². The van der Waals surface area contributed by atoms with E-state index < -0.39 is 23.2 Å². The monoisotopic (exact) mass is 218 g/mol. The quantitative estimate of drug-likeness (QED) is 0.754. The fraction of sp³-hybridized carbons (Fsp3) is 0.455. The number of rotatable bonds is 3. The molecule has 0 aliphatic heterocycles. The Bertz CT molecular complexity index is 327. The molecule has 1 aromatic carbocycles. The van der Waals surface area contributed by atoms with E-state index in [9.17, 15) is 13.2 Å². The van der Waals surface area contributed by atoms with Gasteiger partial charge in [0.15, 0.2) is 17.4 Å². The van der Waals surface area contributed by atoms with Crippen molar-refractivity contribution in [3.8, 4) is 5.75 Å². The summed E-state index contributed by atoms with van der Waals surface area (Å²) in [6.45, 7) is 5.43. The van der Waals surface area contributed by atoms with E-state index in [2.05, 4.69) is 0 Å². The van der Waals surface area contributed by atoms with Gasteiger partial charge in [0, 0.05) is 12.1 Å². The van der Waals surface area contributed by atoms with Gasteiger partial charge in [-0.2, -0.15) is 0 Å². The zero-order chi connectivity index (χ0) is 11.6. The number of benzene rings is 1. The molecule has 1 aromatic rings. The molecule has 0 aliphatic carbocycles. The maximum atomic E-state index is 13.1. The highest BCUT2D eigenvalue weighted by Gasteiger charge is 2.17. The van der Waals surface area contributed by atoms with Crippen molar-refractivity contribution in [2.75, 3.05) is 0 Å². The zero-order valence-electron chi connectivity index (χ0n) is 8.85. The largest absolute Gasteiger partial charge is 0.484 e. The first-order chi connectivity index (χ1) is 6.91. The summed E-state index contributed by atoms with van der Waals surface area (Å²) in [7, 11) is 0. The van der Waals surface area contributed by atoms with Crippen LogP contribution in [0.3, 0.4) is 0 Å². The highest BCUT2D eigenvalue weighted by atomic mass is 19.1. The molecule has 1 rings (SSSR count). The van der Waals surface area contributed by atoms with Gasteiger partial charge in [0.1, 0.15) is 5.82 Å². The van der Waals surface area contributed by atoms with Crippen LogP contribution in [0.5, 0.6) is 5.75 Å². The Labute approximate surface area is 86.9 Å². The van der Waals surface area contributed by atoms with Crippen LogP contribution in [0.15, 0.2) is 12.1 Å². The molecule has 0 amide bonds. The van der Waals surface area contributed by atoms with E-state index in [4.69, 9.17) is 4.74 Å². The van der Waals surface area contributed by atoms with E-state index >= 15 is 0 Å². The fourth-order valence-corrected chi connectivity index (χ4v) is 0.964. The summed E-state index contributed by atoms with van der Waals surface area (Å²) in [5.41, 5.74) is 0. The third-order valence-corrected chi connectivity index (χ3v) is 2.21. The van der Waals surface area contributed by atoms with Crippen LogP contribution in [0.2, 0.25) is 0 Å². The lowest BCUT2D eigenvalue weighted by atomic mass is 10.1. The molecule has 0 radical (unpaired) electrons. The predicted molar refractivity (Wildman–Crippen MR) is 51.2 cm³/mol. The first-order valence-corrected chi connectivity index (χ1v) is 4.73. The molecule has 0 aliphatic rings. The minimum absolute atomic E-state index is 0.119. The summed E-state index contributed by atoms with van der Waals surface area (Å²) in [4.78, 5) is 0. The topological polar surface area (TPSA) is 9.23 Å². The second-order valence-corrected chi connectivity index (χ2v) is 3.77. The molecule has 0 saturated carbocycles. The fourth-order valence-electron chi connectivity index (χ4n) is 0.964. The van der Waals surface area contributed by atoms with Gasteiger partial charge in [0.25, 0.3) is 0 Å². The first kappa shape index (κ1) is 11.9. The molecule has 0 aromatic heterocycles. The van der Waals surface area contributed by atoms with E-state index in [1.807, 2.05) is 13.8 Å². The number of hydrogen-bond donors (Lipinski definition) is 0. The van der Waals surface area contributed by atoms with Crippen LogP contribution in [0.1, 0.15) is 20.8 Å². The van der Waals surface area contributed by atoms with Crippen molar-refractivity contribution >= 4 is 0 Å². The summed E-state index contributed by atoms with van der Waals surface area (Å²) < 4.78 is 43.9. The second kappa shape index (κ2) is 4.55. The molecule has 0 heterocycles. The summed E-state index contributed by atoms with van der Waals surface area (Å²) in [6.07, 6.45) is -0.334. The zero-order valence-corrected chi connectivity index (χ0v) is 8.85. The Morgan fingerprint density at radius 2 is 1.47 bits per heavy atom. The summed E-state index contributed by atoms with van der Waals surface area (Å²) in [6, 6.07) is 1.21. The standard InChI is InChI=1S/C11H13F3O/c1-6(2)7(3)15-11-9(13)4-8(12)5-10(11)14/h4-7H,1-3H3/t7-/m1/s1. The predicted octanol–water partition coefficient (Wildman–Crippen LogP) is 3.53.